The lowest BCUT2D eigenvalue weighted by atomic mass is 10.2. The van der Waals surface area contributed by atoms with Gasteiger partial charge in [0.2, 0.25) is 0 Å². The van der Waals surface area contributed by atoms with Gasteiger partial charge in [-0.15, -0.1) is 11.3 Å². The molecule has 90 valence electrons. The minimum absolute atomic E-state index is 0.380. The molecule has 0 N–H and O–H groups in total. The zero-order chi connectivity index (χ0) is 12.5. The lowest BCUT2D eigenvalue weighted by molar-refractivity contribution is 0.0606. The second kappa shape index (κ2) is 4.27. The molecule has 5 heteroatoms. The predicted molar refractivity (Wildman–Crippen MR) is 68.7 cm³/mol. The van der Waals surface area contributed by atoms with Crippen LogP contribution in [0.2, 0.25) is 0 Å². The van der Waals surface area contributed by atoms with Gasteiger partial charge in [-0.1, -0.05) is 18.2 Å². The highest BCUT2D eigenvalue weighted by Crippen LogP contribution is 2.30. The lowest BCUT2D eigenvalue weighted by Crippen LogP contribution is -1.96. The third kappa shape index (κ3) is 1.78. The molecule has 2 heterocycles. The van der Waals surface area contributed by atoms with Crippen LogP contribution < -0.4 is 0 Å². The summed E-state index contributed by atoms with van der Waals surface area (Å²) >= 11 is 1.25. The largest absolute Gasteiger partial charge is 0.465 e. The molecular formula is C13H9NO3S. The van der Waals surface area contributed by atoms with E-state index < -0.39 is 0 Å². The van der Waals surface area contributed by atoms with Crippen LogP contribution in [0.3, 0.4) is 0 Å². The summed E-state index contributed by atoms with van der Waals surface area (Å²) in [7, 11) is 1.35. The second-order valence-electron chi connectivity index (χ2n) is 3.67. The van der Waals surface area contributed by atoms with Crippen LogP contribution in [0.1, 0.15) is 9.67 Å². The van der Waals surface area contributed by atoms with Crippen molar-refractivity contribution in [2.75, 3.05) is 7.11 Å². The number of ether oxygens (including phenoxy) is 1. The standard InChI is InChI=1S/C13H9NO3S/c1-16-13(15)11-7-14-12(18-11)10-6-8-4-2-3-5-9(8)17-10/h2-7H,1H3. The summed E-state index contributed by atoms with van der Waals surface area (Å²) in [5, 5.41) is 1.69. The number of benzene rings is 1. The highest BCUT2D eigenvalue weighted by atomic mass is 32.1. The molecule has 0 saturated carbocycles. The maximum absolute atomic E-state index is 11.3. The highest BCUT2D eigenvalue weighted by molar-refractivity contribution is 7.16. The van der Waals surface area contributed by atoms with Crippen LogP contribution in [-0.4, -0.2) is 18.1 Å². The molecule has 0 radical (unpaired) electrons. The summed E-state index contributed by atoms with van der Waals surface area (Å²) in [6.45, 7) is 0. The van der Waals surface area contributed by atoms with Gasteiger partial charge in [0.15, 0.2) is 10.8 Å². The van der Waals surface area contributed by atoms with Crippen molar-refractivity contribution in [3.63, 3.8) is 0 Å². The van der Waals surface area contributed by atoms with Crippen LogP contribution in [-0.2, 0) is 4.74 Å². The Bertz CT molecular complexity index is 681. The van der Waals surface area contributed by atoms with E-state index in [1.54, 1.807) is 0 Å². The number of carbonyl (C=O) groups excluding carboxylic acids is 1. The number of rotatable bonds is 2. The third-order valence-electron chi connectivity index (χ3n) is 2.53. The number of para-hydroxylation sites is 1. The number of hydrogen-bond donors (Lipinski definition) is 0. The fourth-order valence-electron chi connectivity index (χ4n) is 1.67. The number of thiazole rings is 1. The van der Waals surface area contributed by atoms with Gasteiger partial charge in [0.05, 0.1) is 13.3 Å². The zero-order valence-corrected chi connectivity index (χ0v) is 10.4. The Hall–Kier alpha value is -2.14. The highest BCUT2D eigenvalue weighted by Gasteiger charge is 2.14. The molecule has 0 fully saturated rings. The molecule has 3 aromatic rings. The number of hydrogen-bond acceptors (Lipinski definition) is 5. The average Bonchev–Trinajstić information content (AvgIpc) is 3.03. The number of aromatic nitrogens is 1. The topological polar surface area (TPSA) is 52.3 Å². The second-order valence-corrected chi connectivity index (χ2v) is 4.70. The summed E-state index contributed by atoms with van der Waals surface area (Å²) in [5.41, 5.74) is 0.808. The molecule has 0 atom stereocenters. The van der Waals surface area contributed by atoms with Crippen molar-refractivity contribution >= 4 is 28.3 Å². The monoisotopic (exact) mass is 259 g/mol. The van der Waals surface area contributed by atoms with Crippen LogP contribution >= 0.6 is 11.3 Å². The van der Waals surface area contributed by atoms with E-state index in [4.69, 9.17) is 4.42 Å². The van der Waals surface area contributed by atoms with E-state index in [-0.39, 0.29) is 5.97 Å². The molecular weight excluding hydrogens is 250 g/mol. The van der Waals surface area contributed by atoms with Crippen LogP contribution in [0.15, 0.2) is 40.9 Å². The Kier molecular flexibility index (Phi) is 2.60. The predicted octanol–water partition coefficient (Wildman–Crippen LogP) is 3.34. The maximum Gasteiger partial charge on any atom is 0.349 e. The first-order chi connectivity index (χ1) is 8.78. The Balaban J connectivity index is 2.03. The van der Waals surface area contributed by atoms with Gasteiger partial charge >= 0.3 is 5.97 Å². The maximum atomic E-state index is 11.3. The molecule has 18 heavy (non-hydrogen) atoms. The molecule has 0 amide bonds. The van der Waals surface area contributed by atoms with Crippen molar-refractivity contribution in [3.8, 4) is 10.8 Å². The number of nitrogens with zero attached hydrogens (tertiary/aromatic N) is 1. The Morgan fingerprint density at radius 1 is 1.39 bits per heavy atom. The fraction of sp³-hybridized carbons (Fsp3) is 0.0769. The number of carbonyl (C=O) groups is 1. The first kappa shape index (κ1) is 11.0. The Morgan fingerprint density at radius 2 is 2.22 bits per heavy atom. The fourth-order valence-corrected chi connectivity index (χ4v) is 2.46. The van der Waals surface area contributed by atoms with Crippen LogP contribution in [0.5, 0.6) is 0 Å². The van der Waals surface area contributed by atoms with E-state index in [0.29, 0.717) is 15.6 Å². The molecule has 2 aromatic heterocycles. The van der Waals surface area contributed by atoms with Gasteiger partial charge < -0.3 is 9.15 Å². The molecule has 3 rings (SSSR count). The Morgan fingerprint density at radius 3 is 3.00 bits per heavy atom. The van der Waals surface area contributed by atoms with Crippen LogP contribution in [0.4, 0.5) is 0 Å². The SMILES string of the molecule is COC(=O)c1cnc(-c2cc3ccccc3o2)s1. The number of esters is 1. The first-order valence-corrected chi connectivity index (χ1v) is 6.12. The molecule has 0 bridgehead atoms. The quantitative estimate of drug-likeness (QED) is 0.662. The van der Waals surface area contributed by atoms with E-state index in [1.165, 1.54) is 24.6 Å². The normalized spacial score (nSPS) is 10.7. The van der Waals surface area contributed by atoms with Gasteiger partial charge in [0, 0.05) is 5.39 Å². The van der Waals surface area contributed by atoms with Crippen LogP contribution in [0.25, 0.3) is 21.7 Å². The molecule has 0 unspecified atom stereocenters. The van der Waals surface area contributed by atoms with Crippen LogP contribution in [0, 0.1) is 0 Å². The molecule has 0 aliphatic carbocycles. The van der Waals surface area contributed by atoms with E-state index in [2.05, 4.69) is 9.72 Å². The van der Waals surface area contributed by atoms with Crippen molar-refractivity contribution in [2.45, 2.75) is 0 Å². The summed E-state index contributed by atoms with van der Waals surface area (Å²) in [5.74, 6) is 0.284. The minimum Gasteiger partial charge on any atom is -0.465 e. The van der Waals surface area contributed by atoms with E-state index in [9.17, 15) is 4.79 Å². The van der Waals surface area contributed by atoms with Gasteiger partial charge in [-0.25, -0.2) is 9.78 Å². The first-order valence-electron chi connectivity index (χ1n) is 5.31. The number of fused-ring (bicyclic) bond motifs is 1. The number of methoxy groups -OCH3 is 1. The molecule has 0 spiro atoms. The average molecular weight is 259 g/mol. The zero-order valence-electron chi connectivity index (χ0n) is 9.54. The van der Waals surface area contributed by atoms with Gasteiger partial charge in [0.25, 0.3) is 0 Å². The third-order valence-corrected chi connectivity index (χ3v) is 3.52. The van der Waals surface area contributed by atoms with Crippen molar-refractivity contribution < 1.29 is 13.9 Å². The van der Waals surface area contributed by atoms with Gasteiger partial charge in [-0.05, 0) is 12.1 Å². The van der Waals surface area contributed by atoms with Crippen molar-refractivity contribution in [1.82, 2.24) is 4.98 Å². The van der Waals surface area contributed by atoms with Crippen molar-refractivity contribution in [1.29, 1.82) is 0 Å². The summed E-state index contributed by atoms with van der Waals surface area (Å²) in [4.78, 5) is 16.0. The van der Waals surface area contributed by atoms with Crippen molar-refractivity contribution in [3.05, 3.63) is 41.4 Å². The molecule has 0 aliphatic rings. The van der Waals surface area contributed by atoms with E-state index in [0.717, 1.165) is 11.0 Å². The summed E-state index contributed by atoms with van der Waals surface area (Å²) < 4.78 is 10.3. The van der Waals surface area contributed by atoms with Gasteiger partial charge in [-0.3, -0.25) is 0 Å². The summed E-state index contributed by atoms with van der Waals surface area (Å²) in [6.07, 6.45) is 1.50. The summed E-state index contributed by atoms with van der Waals surface area (Å²) in [6, 6.07) is 9.64. The van der Waals surface area contributed by atoms with Gasteiger partial charge in [0.1, 0.15) is 10.5 Å². The molecule has 0 aliphatic heterocycles. The number of furan rings is 1. The molecule has 0 saturated heterocycles. The smallest absolute Gasteiger partial charge is 0.349 e. The molecule has 1 aromatic carbocycles. The molecule has 4 nitrogen and oxygen atoms in total. The van der Waals surface area contributed by atoms with Gasteiger partial charge in [-0.2, -0.15) is 0 Å². The van der Waals surface area contributed by atoms with E-state index >= 15 is 0 Å². The Labute approximate surface area is 107 Å². The minimum atomic E-state index is -0.380. The van der Waals surface area contributed by atoms with Crippen molar-refractivity contribution in [2.24, 2.45) is 0 Å². The van der Waals surface area contributed by atoms with E-state index in [1.807, 2.05) is 30.3 Å². The lowest BCUT2D eigenvalue weighted by Gasteiger charge is -1.90.